The van der Waals surface area contributed by atoms with Crippen molar-refractivity contribution in [2.75, 3.05) is 6.61 Å². The maximum Gasteiger partial charge on any atom is 0.151 e. The van der Waals surface area contributed by atoms with Gasteiger partial charge in [0.1, 0.15) is 24.4 Å². The van der Waals surface area contributed by atoms with Crippen molar-refractivity contribution < 1.29 is 35.4 Å². The average Bonchev–Trinajstić information content (AvgIpc) is 2.24. The van der Waals surface area contributed by atoms with Crippen molar-refractivity contribution in [3.8, 4) is 0 Å². The summed E-state index contributed by atoms with van der Waals surface area (Å²) in [7, 11) is 0. The summed E-state index contributed by atoms with van der Waals surface area (Å²) >= 11 is 0. The van der Waals surface area contributed by atoms with Crippen molar-refractivity contribution >= 4 is 6.29 Å². The van der Waals surface area contributed by atoms with E-state index in [4.69, 9.17) is 30.6 Å². The van der Waals surface area contributed by atoms with Crippen LogP contribution in [-0.2, 0) is 4.79 Å². The minimum absolute atomic E-state index is 0.0258. The van der Waals surface area contributed by atoms with Crippen molar-refractivity contribution in [2.24, 2.45) is 0 Å². The fourth-order valence-electron chi connectivity index (χ4n) is 0.618. The summed E-state index contributed by atoms with van der Waals surface area (Å²) < 4.78 is 0. The third-order valence-corrected chi connectivity index (χ3v) is 1.42. The topological polar surface area (TPSA) is 138 Å². The Morgan fingerprint density at radius 3 is 1.62 bits per heavy atom. The highest BCUT2D eigenvalue weighted by Gasteiger charge is 2.29. The molecule has 0 amide bonds. The predicted octanol–water partition coefficient (Wildman–Crippen LogP) is -2.99. The zero-order valence-corrected chi connectivity index (χ0v) is 9.26. The molecule has 0 saturated carbocycles. The van der Waals surface area contributed by atoms with Crippen LogP contribution in [0, 0.1) is 0 Å². The number of rotatable bonds is 5. The second-order valence-corrected chi connectivity index (χ2v) is 3.45. The maximum atomic E-state index is 9.90. The predicted molar refractivity (Wildman–Crippen MR) is 54.5 cm³/mol. The fraction of sp³-hybridized carbons (Fsp3) is 0.889. The summed E-state index contributed by atoms with van der Waals surface area (Å²) in [6.07, 6.45) is -7.01. The highest BCUT2D eigenvalue weighted by atomic mass is 16.4. The molecule has 7 heteroatoms. The van der Waals surface area contributed by atoms with E-state index in [2.05, 4.69) is 0 Å². The van der Waals surface area contributed by atoms with Crippen LogP contribution < -0.4 is 0 Å². The van der Waals surface area contributed by atoms with Gasteiger partial charge in [-0.05, 0) is 13.8 Å². The average molecular weight is 240 g/mol. The molecule has 0 heterocycles. The van der Waals surface area contributed by atoms with Gasteiger partial charge in [0, 0.05) is 6.10 Å². The van der Waals surface area contributed by atoms with Crippen LogP contribution in [0.3, 0.4) is 0 Å². The molecule has 16 heavy (non-hydrogen) atoms. The minimum Gasteiger partial charge on any atom is -0.394 e. The van der Waals surface area contributed by atoms with E-state index in [9.17, 15) is 4.79 Å². The Hall–Kier alpha value is -0.570. The standard InChI is InChI=1S/C6H12O6.C3H8O/c7-1-3(9)5(11)6(12)4(10)2-8;1-3(2)4/h1,3-6,8-12H,2H2;3-4H,1-2H3. The Morgan fingerprint density at radius 2 is 1.38 bits per heavy atom. The van der Waals surface area contributed by atoms with E-state index in [1.165, 1.54) is 0 Å². The van der Waals surface area contributed by atoms with Gasteiger partial charge in [-0.25, -0.2) is 0 Å². The van der Waals surface area contributed by atoms with E-state index < -0.39 is 31.0 Å². The van der Waals surface area contributed by atoms with E-state index in [-0.39, 0.29) is 12.4 Å². The molecule has 0 aliphatic rings. The second-order valence-electron chi connectivity index (χ2n) is 3.45. The quantitative estimate of drug-likeness (QED) is 0.282. The normalized spacial score (nSPS) is 18.1. The number of aldehydes is 1. The summed E-state index contributed by atoms with van der Waals surface area (Å²) in [6, 6.07) is 0. The molecular weight excluding hydrogens is 220 g/mol. The number of carbonyl (C=O) groups excluding carboxylic acids is 1. The largest absolute Gasteiger partial charge is 0.394 e. The zero-order chi connectivity index (χ0) is 13.3. The molecule has 6 N–H and O–H groups in total. The first-order valence-electron chi connectivity index (χ1n) is 4.74. The monoisotopic (exact) mass is 240 g/mol. The first-order valence-corrected chi connectivity index (χ1v) is 4.74. The highest BCUT2D eigenvalue weighted by molar-refractivity contribution is 5.56. The first-order chi connectivity index (χ1) is 7.27. The Balaban J connectivity index is 0. The number of aliphatic hydroxyl groups excluding tert-OH is 6. The summed E-state index contributed by atoms with van der Waals surface area (Å²) in [6.45, 7) is 2.68. The molecule has 0 bridgehead atoms. The van der Waals surface area contributed by atoms with Gasteiger partial charge in [-0.3, -0.25) is 0 Å². The smallest absolute Gasteiger partial charge is 0.151 e. The van der Waals surface area contributed by atoms with Crippen molar-refractivity contribution in [3.63, 3.8) is 0 Å². The van der Waals surface area contributed by atoms with Gasteiger partial charge in [0.2, 0.25) is 0 Å². The molecule has 0 saturated heterocycles. The fourth-order valence-corrected chi connectivity index (χ4v) is 0.618. The molecule has 0 aliphatic carbocycles. The lowest BCUT2D eigenvalue weighted by Gasteiger charge is -2.22. The van der Waals surface area contributed by atoms with Gasteiger partial charge in [-0.2, -0.15) is 0 Å². The van der Waals surface area contributed by atoms with Crippen LogP contribution in [-0.4, -0.2) is 74.1 Å². The molecule has 98 valence electrons. The van der Waals surface area contributed by atoms with Gasteiger partial charge in [0.15, 0.2) is 6.29 Å². The van der Waals surface area contributed by atoms with E-state index in [0.717, 1.165) is 0 Å². The Bertz CT molecular complexity index is 170. The molecule has 0 fully saturated rings. The van der Waals surface area contributed by atoms with Crippen LogP contribution in [0.4, 0.5) is 0 Å². The van der Waals surface area contributed by atoms with Gasteiger partial charge in [-0.15, -0.1) is 0 Å². The van der Waals surface area contributed by atoms with E-state index in [1.807, 2.05) is 0 Å². The van der Waals surface area contributed by atoms with E-state index >= 15 is 0 Å². The van der Waals surface area contributed by atoms with E-state index in [1.54, 1.807) is 13.8 Å². The highest BCUT2D eigenvalue weighted by Crippen LogP contribution is 2.02. The number of hydrogen-bond donors (Lipinski definition) is 6. The third-order valence-electron chi connectivity index (χ3n) is 1.42. The van der Waals surface area contributed by atoms with Gasteiger partial charge in [0.25, 0.3) is 0 Å². The first kappa shape index (κ1) is 17.8. The van der Waals surface area contributed by atoms with Crippen LogP contribution in [0.2, 0.25) is 0 Å². The van der Waals surface area contributed by atoms with E-state index in [0.29, 0.717) is 0 Å². The van der Waals surface area contributed by atoms with Crippen LogP contribution >= 0.6 is 0 Å². The van der Waals surface area contributed by atoms with Gasteiger partial charge in [-0.1, -0.05) is 0 Å². The molecule has 0 aliphatic heterocycles. The second kappa shape index (κ2) is 9.64. The van der Waals surface area contributed by atoms with Crippen molar-refractivity contribution in [3.05, 3.63) is 0 Å². The molecule has 7 nitrogen and oxygen atoms in total. The Kier molecular flexibility index (Phi) is 10.7. The van der Waals surface area contributed by atoms with Crippen LogP contribution in [0.1, 0.15) is 13.8 Å². The lowest BCUT2D eigenvalue weighted by Crippen LogP contribution is -2.46. The van der Waals surface area contributed by atoms with Crippen molar-refractivity contribution in [1.82, 2.24) is 0 Å². The molecule has 0 aromatic carbocycles. The third kappa shape index (κ3) is 8.72. The van der Waals surface area contributed by atoms with Gasteiger partial charge >= 0.3 is 0 Å². The molecule has 0 aromatic heterocycles. The molecular formula is C9H20O7. The molecule has 4 unspecified atom stereocenters. The summed E-state index contributed by atoms with van der Waals surface area (Å²) in [5.74, 6) is 0. The maximum absolute atomic E-state index is 9.90. The Labute approximate surface area is 93.6 Å². The van der Waals surface area contributed by atoms with Crippen LogP contribution in [0.15, 0.2) is 0 Å². The zero-order valence-electron chi connectivity index (χ0n) is 9.26. The van der Waals surface area contributed by atoms with Gasteiger partial charge < -0.3 is 35.4 Å². The summed E-state index contributed by atoms with van der Waals surface area (Å²) in [5.41, 5.74) is 0. The lowest BCUT2D eigenvalue weighted by molar-refractivity contribution is -0.136. The molecule has 4 atom stereocenters. The molecule has 0 rings (SSSR count). The molecule has 0 aromatic rings. The lowest BCUT2D eigenvalue weighted by atomic mass is 10.0. The van der Waals surface area contributed by atoms with Gasteiger partial charge in [0.05, 0.1) is 6.61 Å². The SMILES string of the molecule is CC(C)O.O=CC(O)C(O)C(O)C(O)CO. The van der Waals surface area contributed by atoms with Crippen LogP contribution in [0.25, 0.3) is 0 Å². The molecule has 0 spiro atoms. The number of aliphatic hydroxyl groups is 6. The number of carbonyl (C=O) groups is 1. The van der Waals surface area contributed by atoms with Crippen molar-refractivity contribution in [2.45, 2.75) is 44.4 Å². The summed E-state index contributed by atoms with van der Waals surface area (Å²) in [5, 5.41) is 51.6. The number of hydrogen-bond acceptors (Lipinski definition) is 7. The minimum atomic E-state index is -1.79. The summed E-state index contributed by atoms with van der Waals surface area (Å²) in [4.78, 5) is 9.90. The van der Waals surface area contributed by atoms with Crippen LogP contribution in [0.5, 0.6) is 0 Å². The molecule has 0 radical (unpaired) electrons. The van der Waals surface area contributed by atoms with Crippen molar-refractivity contribution in [1.29, 1.82) is 0 Å². The Morgan fingerprint density at radius 1 is 1.00 bits per heavy atom.